The maximum absolute atomic E-state index is 5.67. The average Bonchev–Trinajstić information content (AvgIpc) is 2.52. The second-order valence-corrected chi connectivity index (χ2v) is 4.83. The van der Waals surface area contributed by atoms with Crippen molar-refractivity contribution in [2.75, 3.05) is 11.6 Å². The van der Waals surface area contributed by atoms with E-state index in [0.717, 1.165) is 23.2 Å². The van der Waals surface area contributed by atoms with Gasteiger partial charge in [-0.15, -0.1) is 11.6 Å². The molecule has 0 bridgehead atoms. The molecule has 14 heavy (non-hydrogen) atoms. The van der Waals surface area contributed by atoms with Crippen LogP contribution in [0.2, 0.25) is 0 Å². The summed E-state index contributed by atoms with van der Waals surface area (Å²) in [5.74, 6) is 2.55. The first kappa shape index (κ1) is 11.9. The van der Waals surface area contributed by atoms with Gasteiger partial charge in [0.1, 0.15) is 6.33 Å². The molecule has 1 aromatic heterocycles. The molecule has 0 aromatic carbocycles. The van der Waals surface area contributed by atoms with Crippen LogP contribution in [0.1, 0.15) is 19.8 Å². The summed E-state index contributed by atoms with van der Waals surface area (Å²) in [6, 6.07) is 0. The zero-order valence-corrected chi connectivity index (χ0v) is 10.2. The highest BCUT2D eigenvalue weighted by molar-refractivity contribution is 7.99. The Morgan fingerprint density at radius 2 is 2.36 bits per heavy atom. The van der Waals surface area contributed by atoms with Crippen LogP contribution in [0.5, 0.6) is 0 Å². The fraction of sp³-hybridized carbons (Fsp3) is 0.778. The Labute approximate surface area is 94.2 Å². The van der Waals surface area contributed by atoms with Gasteiger partial charge in [0, 0.05) is 18.7 Å². The minimum atomic E-state index is 0.702. The lowest BCUT2D eigenvalue weighted by molar-refractivity contribution is 0.551. The van der Waals surface area contributed by atoms with E-state index in [9.17, 15) is 0 Å². The SMILES string of the molecule is CC(CCCl)CCSc1ncnn1C. The van der Waals surface area contributed by atoms with Crippen molar-refractivity contribution in [2.24, 2.45) is 13.0 Å². The standard InChI is InChI=1S/C9H16ClN3S/c1-8(3-5-10)4-6-14-9-11-7-12-13(9)2/h7-8H,3-6H2,1-2H3. The molecule has 0 fully saturated rings. The quantitative estimate of drug-likeness (QED) is 0.559. The van der Waals surface area contributed by atoms with E-state index in [4.69, 9.17) is 11.6 Å². The van der Waals surface area contributed by atoms with Gasteiger partial charge in [0.25, 0.3) is 0 Å². The first-order valence-corrected chi connectivity index (χ1v) is 6.28. The van der Waals surface area contributed by atoms with Crippen molar-refractivity contribution in [3.63, 3.8) is 0 Å². The molecule has 0 N–H and O–H groups in total. The molecule has 1 aromatic rings. The van der Waals surface area contributed by atoms with Crippen LogP contribution < -0.4 is 0 Å². The predicted molar refractivity (Wildman–Crippen MR) is 60.8 cm³/mol. The summed E-state index contributed by atoms with van der Waals surface area (Å²) in [7, 11) is 1.91. The van der Waals surface area contributed by atoms with Crippen molar-refractivity contribution >= 4 is 23.4 Å². The van der Waals surface area contributed by atoms with Crippen LogP contribution in [0, 0.1) is 5.92 Å². The number of halogens is 1. The van der Waals surface area contributed by atoms with Gasteiger partial charge in [0.15, 0.2) is 5.16 Å². The highest BCUT2D eigenvalue weighted by atomic mass is 35.5. The molecule has 1 heterocycles. The van der Waals surface area contributed by atoms with Crippen LogP contribution >= 0.6 is 23.4 Å². The van der Waals surface area contributed by atoms with Gasteiger partial charge >= 0.3 is 0 Å². The van der Waals surface area contributed by atoms with Gasteiger partial charge in [-0.1, -0.05) is 18.7 Å². The van der Waals surface area contributed by atoms with Crippen molar-refractivity contribution in [2.45, 2.75) is 24.9 Å². The highest BCUT2D eigenvalue weighted by Crippen LogP contribution is 2.18. The normalized spacial score (nSPS) is 13.1. The molecule has 1 unspecified atom stereocenters. The van der Waals surface area contributed by atoms with E-state index in [1.54, 1.807) is 22.8 Å². The third kappa shape index (κ3) is 3.88. The lowest BCUT2D eigenvalue weighted by Crippen LogP contribution is -1.99. The number of rotatable bonds is 6. The zero-order valence-electron chi connectivity index (χ0n) is 8.61. The number of aromatic nitrogens is 3. The van der Waals surface area contributed by atoms with E-state index in [2.05, 4.69) is 17.0 Å². The zero-order chi connectivity index (χ0) is 10.4. The molecule has 0 saturated heterocycles. The Morgan fingerprint density at radius 3 is 2.93 bits per heavy atom. The van der Waals surface area contributed by atoms with Crippen molar-refractivity contribution < 1.29 is 0 Å². The molecule has 0 radical (unpaired) electrons. The Balaban J connectivity index is 2.19. The minimum absolute atomic E-state index is 0.702. The Morgan fingerprint density at radius 1 is 1.57 bits per heavy atom. The molecule has 0 aliphatic heterocycles. The lowest BCUT2D eigenvalue weighted by atomic mass is 10.1. The first-order chi connectivity index (χ1) is 6.74. The van der Waals surface area contributed by atoms with E-state index >= 15 is 0 Å². The first-order valence-electron chi connectivity index (χ1n) is 4.76. The summed E-state index contributed by atoms with van der Waals surface area (Å²) < 4.78 is 1.80. The van der Waals surface area contributed by atoms with Crippen LogP contribution in [0.15, 0.2) is 11.5 Å². The van der Waals surface area contributed by atoms with Crippen molar-refractivity contribution in [3.05, 3.63) is 6.33 Å². The van der Waals surface area contributed by atoms with Crippen LogP contribution in [0.4, 0.5) is 0 Å². The van der Waals surface area contributed by atoms with Crippen LogP contribution in [-0.4, -0.2) is 26.4 Å². The van der Waals surface area contributed by atoms with E-state index in [0.29, 0.717) is 5.92 Å². The molecule has 0 saturated carbocycles. The van der Waals surface area contributed by atoms with Crippen LogP contribution in [-0.2, 0) is 7.05 Å². The van der Waals surface area contributed by atoms with E-state index < -0.39 is 0 Å². The van der Waals surface area contributed by atoms with Crippen LogP contribution in [0.25, 0.3) is 0 Å². The monoisotopic (exact) mass is 233 g/mol. The van der Waals surface area contributed by atoms with Gasteiger partial charge in [-0.2, -0.15) is 5.10 Å². The van der Waals surface area contributed by atoms with Gasteiger partial charge < -0.3 is 0 Å². The number of aryl methyl sites for hydroxylation is 1. The Hall–Kier alpha value is -0.220. The molecule has 5 heteroatoms. The second-order valence-electron chi connectivity index (χ2n) is 3.39. The predicted octanol–water partition coefficient (Wildman–Crippen LogP) is 2.56. The topological polar surface area (TPSA) is 30.7 Å². The molecular formula is C9H16ClN3S. The largest absolute Gasteiger partial charge is 0.244 e. The third-order valence-electron chi connectivity index (χ3n) is 2.11. The summed E-state index contributed by atoms with van der Waals surface area (Å²) in [5, 5.41) is 5.00. The van der Waals surface area contributed by atoms with Crippen molar-refractivity contribution in [1.29, 1.82) is 0 Å². The maximum Gasteiger partial charge on any atom is 0.185 e. The average molecular weight is 234 g/mol. The molecule has 3 nitrogen and oxygen atoms in total. The van der Waals surface area contributed by atoms with Gasteiger partial charge in [-0.05, 0) is 18.8 Å². The van der Waals surface area contributed by atoms with Gasteiger partial charge in [0.2, 0.25) is 0 Å². The minimum Gasteiger partial charge on any atom is -0.244 e. The summed E-state index contributed by atoms with van der Waals surface area (Å²) in [5.41, 5.74) is 0. The summed E-state index contributed by atoms with van der Waals surface area (Å²) in [6.45, 7) is 2.24. The summed E-state index contributed by atoms with van der Waals surface area (Å²) >= 11 is 7.42. The molecular weight excluding hydrogens is 218 g/mol. The number of hydrogen-bond donors (Lipinski definition) is 0. The van der Waals surface area contributed by atoms with E-state index in [1.165, 1.54) is 6.42 Å². The molecule has 0 amide bonds. The Kier molecular flexibility index (Phi) is 5.33. The van der Waals surface area contributed by atoms with E-state index in [1.807, 2.05) is 7.05 Å². The number of alkyl halides is 1. The van der Waals surface area contributed by atoms with Gasteiger partial charge in [-0.25, -0.2) is 9.67 Å². The summed E-state index contributed by atoms with van der Waals surface area (Å²) in [4.78, 5) is 4.15. The molecule has 0 aliphatic carbocycles. The molecule has 80 valence electrons. The molecule has 1 atom stereocenters. The highest BCUT2D eigenvalue weighted by Gasteiger charge is 2.04. The smallest absolute Gasteiger partial charge is 0.185 e. The number of nitrogens with zero attached hydrogens (tertiary/aromatic N) is 3. The van der Waals surface area contributed by atoms with Gasteiger partial charge in [-0.3, -0.25) is 0 Å². The van der Waals surface area contributed by atoms with Gasteiger partial charge in [0.05, 0.1) is 0 Å². The second kappa shape index (κ2) is 6.30. The Bertz CT molecular complexity index is 264. The molecule has 0 aliphatic rings. The van der Waals surface area contributed by atoms with Crippen molar-refractivity contribution in [1.82, 2.24) is 14.8 Å². The molecule has 0 spiro atoms. The maximum atomic E-state index is 5.67. The third-order valence-corrected chi connectivity index (χ3v) is 3.40. The van der Waals surface area contributed by atoms with Crippen LogP contribution in [0.3, 0.4) is 0 Å². The fourth-order valence-electron chi connectivity index (χ4n) is 1.10. The fourth-order valence-corrected chi connectivity index (χ4v) is 2.53. The molecule has 1 rings (SSSR count). The lowest BCUT2D eigenvalue weighted by Gasteiger charge is -2.07. The number of thioether (sulfide) groups is 1. The summed E-state index contributed by atoms with van der Waals surface area (Å²) in [6.07, 6.45) is 3.87. The van der Waals surface area contributed by atoms with Crippen molar-refractivity contribution in [3.8, 4) is 0 Å². The van der Waals surface area contributed by atoms with E-state index in [-0.39, 0.29) is 0 Å². The number of hydrogen-bond acceptors (Lipinski definition) is 3.